The first-order valence-corrected chi connectivity index (χ1v) is 7.25. The number of aromatic nitrogens is 2. The van der Waals surface area contributed by atoms with Crippen molar-refractivity contribution in [1.29, 1.82) is 0 Å². The van der Waals surface area contributed by atoms with E-state index in [4.69, 9.17) is 17.3 Å². The number of unbranched alkanes of at least 4 members (excludes halogenated alkanes) is 1. The van der Waals surface area contributed by atoms with Gasteiger partial charge in [-0.3, -0.25) is 4.79 Å². The molecular weight excluding hydrogens is 300 g/mol. The number of alkyl halides is 1. The number of imidazole rings is 1. The van der Waals surface area contributed by atoms with Gasteiger partial charge in [-0.25, -0.2) is 13.8 Å². The van der Waals surface area contributed by atoms with Gasteiger partial charge in [0.2, 0.25) is 5.91 Å². The first-order chi connectivity index (χ1) is 10.0. The molecular formula is C14H16ClF2N3O. The van der Waals surface area contributed by atoms with Crippen molar-refractivity contribution >= 4 is 28.5 Å². The smallest absolute Gasteiger partial charge is 0.217 e. The van der Waals surface area contributed by atoms with Crippen LogP contribution in [-0.4, -0.2) is 21.3 Å². The molecule has 1 amide bonds. The van der Waals surface area contributed by atoms with Gasteiger partial charge in [0.05, 0.1) is 5.52 Å². The first kappa shape index (κ1) is 15.7. The Bertz CT molecular complexity index is 657. The molecule has 1 aromatic heterocycles. The summed E-state index contributed by atoms with van der Waals surface area (Å²) in [6, 6.07) is 2.51. The van der Waals surface area contributed by atoms with E-state index in [1.165, 1.54) is 6.07 Å². The van der Waals surface area contributed by atoms with E-state index in [1.54, 1.807) is 4.57 Å². The van der Waals surface area contributed by atoms with Crippen LogP contribution in [0.3, 0.4) is 0 Å². The summed E-state index contributed by atoms with van der Waals surface area (Å²) in [6.45, 7) is 0.441. The Balaban J connectivity index is 2.31. The highest BCUT2D eigenvalue weighted by Crippen LogP contribution is 2.23. The summed E-state index contributed by atoms with van der Waals surface area (Å²) in [6.07, 6.45) is 1.95. The molecule has 0 fully saturated rings. The van der Waals surface area contributed by atoms with E-state index in [1.807, 2.05) is 0 Å². The molecule has 114 valence electrons. The second-order valence-electron chi connectivity index (χ2n) is 4.77. The lowest BCUT2D eigenvalue weighted by molar-refractivity contribution is -0.118. The van der Waals surface area contributed by atoms with Crippen molar-refractivity contribution in [2.24, 2.45) is 5.73 Å². The summed E-state index contributed by atoms with van der Waals surface area (Å²) in [5.74, 6) is -1.23. The number of nitrogens with two attached hydrogens (primary N) is 1. The molecule has 0 unspecified atom stereocenters. The monoisotopic (exact) mass is 315 g/mol. The number of hydrogen-bond donors (Lipinski definition) is 1. The van der Waals surface area contributed by atoms with Crippen LogP contribution in [0.25, 0.3) is 11.0 Å². The van der Waals surface area contributed by atoms with E-state index in [2.05, 4.69) is 4.98 Å². The minimum atomic E-state index is -0.907. The molecule has 0 saturated heterocycles. The summed E-state index contributed by atoms with van der Waals surface area (Å²) >= 11 is 5.73. The van der Waals surface area contributed by atoms with E-state index in [9.17, 15) is 13.6 Å². The second-order valence-corrected chi connectivity index (χ2v) is 5.15. The quantitative estimate of drug-likeness (QED) is 0.631. The van der Waals surface area contributed by atoms with E-state index < -0.39 is 11.6 Å². The maximum absolute atomic E-state index is 14.0. The molecule has 1 aromatic carbocycles. The van der Waals surface area contributed by atoms with Gasteiger partial charge in [-0.2, -0.15) is 0 Å². The third-order valence-corrected chi connectivity index (χ3v) is 3.44. The average Bonchev–Trinajstić information content (AvgIpc) is 2.78. The second kappa shape index (κ2) is 6.85. The fourth-order valence-electron chi connectivity index (χ4n) is 2.29. The zero-order chi connectivity index (χ0) is 15.4. The molecule has 2 rings (SSSR count). The van der Waals surface area contributed by atoms with E-state index in [0.717, 1.165) is 6.07 Å². The summed E-state index contributed by atoms with van der Waals surface area (Å²) in [4.78, 5) is 15.0. The number of hydrogen-bond acceptors (Lipinski definition) is 2. The number of carbonyl (C=O) groups is 1. The largest absolute Gasteiger partial charge is 0.370 e. The van der Waals surface area contributed by atoms with Crippen molar-refractivity contribution in [2.45, 2.75) is 32.2 Å². The lowest BCUT2D eigenvalue weighted by Gasteiger charge is -2.08. The lowest BCUT2D eigenvalue weighted by Crippen LogP contribution is -2.11. The number of carbonyl (C=O) groups excluding carboxylic acids is 1. The van der Waals surface area contributed by atoms with Crippen molar-refractivity contribution in [2.75, 3.05) is 5.88 Å². The molecule has 0 spiro atoms. The fourth-order valence-corrected chi connectivity index (χ4v) is 2.46. The number of benzene rings is 1. The molecule has 4 nitrogen and oxygen atoms in total. The van der Waals surface area contributed by atoms with Gasteiger partial charge in [-0.1, -0.05) is 0 Å². The first-order valence-electron chi connectivity index (χ1n) is 6.72. The van der Waals surface area contributed by atoms with Crippen LogP contribution in [0.2, 0.25) is 0 Å². The molecule has 0 saturated carbocycles. The van der Waals surface area contributed by atoms with Crippen LogP contribution in [0.5, 0.6) is 0 Å². The molecule has 0 radical (unpaired) electrons. The number of fused-ring (bicyclic) bond motifs is 1. The van der Waals surface area contributed by atoms with Gasteiger partial charge in [-0.05, 0) is 25.0 Å². The standard InChI is InChI=1S/C14H16ClF2N3O/c15-7-6-12-19-10-5-4-9(16)13(17)14(10)20(12)8-2-1-3-11(18)21/h4-5H,1-3,6-8H2,(H2,18,21). The molecule has 0 aliphatic rings. The van der Waals surface area contributed by atoms with E-state index in [0.29, 0.717) is 43.0 Å². The Labute approximate surface area is 125 Å². The Morgan fingerprint density at radius 3 is 2.76 bits per heavy atom. The summed E-state index contributed by atoms with van der Waals surface area (Å²) in [5, 5.41) is 0. The number of primary amides is 1. The zero-order valence-electron chi connectivity index (χ0n) is 11.4. The number of halogens is 3. The topological polar surface area (TPSA) is 60.9 Å². The number of aryl methyl sites for hydroxylation is 2. The van der Waals surface area contributed by atoms with Crippen LogP contribution in [-0.2, 0) is 17.8 Å². The van der Waals surface area contributed by atoms with Gasteiger partial charge in [0.1, 0.15) is 11.3 Å². The van der Waals surface area contributed by atoms with E-state index in [-0.39, 0.29) is 17.8 Å². The van der Waals surface area contributed by atoms with Crippen LogP contribution >= 0.6 is 11.6 Å². The van der Waals surface area contributed by atoms with Gasteiger partial charge >= 0.3 is 0 Å². The summed E-state index contributed by atoms with van der Waals surface area (Å²) in [5.41, 5.74) is 5.63. The summed E-state index contributed by atoms with van der Waals surface area (Å²) in [7, 11) is 0. The number of nitrogens with zero attached hydrogens (tertiary/aromatic N) is 2. The molecule has 0 aliphatic heterocycles. The van der Waals surface area contributed by atoms with Crippen LogP contribution in [0.1, 0.15) is 25.1 Å². The fraction of sp³-hybridized carbons (Fsp3) is 0.429. The maximum atomic E-state index is 14.0. The van der Waals surface area contributed by atoms with Crippen molar-refractivity contribution in [3.05, 3.63) is 29.6 Å². The third kappa shape index (κ3) is 3.50. The highest BCUT2D eigenvalue weighted by atomic mass is 35.5. The van der Waals surface area contributed by atoms with Crippen LogP contribution in [0.15, 0.2) is 12.1 Å². The highest BCUT2D eigenvalue weighted by Gasteiger charge is 2.16. The third-order valence-electron chi connectivity index (χ3n) is 3.25. The predicted octanol–water partition coefficient (Wildman–Crippen LogP) is 2.75. The van der Waals surface area contributed by atoms with Gasteiger partial charge in [-0.15, -0.1) is 11.6 Å². The van der Waals surface area contributed by atoms with Gasteiger partial charge < -0.3 is 10.3 Å². The molecule has 0 atom stereocenters. The van der Waals surface area contributed by atoms with Crippen LogP contribution in [0, 0.1) is 11.6 Å². The summed E-state index contributed by atoms with van der Waals surface area (Å²) < 4.78 is 29.1. The molecule has 2 aromatic rings. The Morgan fingerprint density at radius 1 is 1.33 bits per heavy atom. The van der Waals surface area contributed by atoms with Crippen molar-refractivity contribution in [3.8, 4) is 0 Å². The van der Waals surface area contributed by atoms with Crippen molar-refractivity contribution in [1.82, 2.24) is 9.55 Å². The van der Waals surface area contributed by atoms with Gasteiger partial charge in [0.15, 0.2) is 11.6 Å². The Hall–Kier alpha value is -1.69. The van der Waals surface area contributed by atoms with Gasteiger partial charge in [0, 0.05) is 25.3 Å². The Kier molecular flexibility index (Phi) is 5.12. The predicted molar refractivity (Wildman–Crippen MR) is 77.1 cm³/mol. The normalized spacial score (nSPS) is 11.2. The molecule has 2 N–H and O–H groups in total. The van der Waals surface area contributed by atoms with Crippen LogP contribution < -0.4 is 5.73 Å². The minimum Gasteiger partial charge on any atom is -0.370 e. The maximum Gasteiger partial charge on any atom is 0.217 e. The van der Waals surface area contributed by atoms with Crippen molar-refractivity contribution < 1.29 is 13.6 Å². The molecule has 1 heterocycles. The number of rotatable bonds is 7. The number of amides is 1. The van der Waals surface area contributed by atoms with Crippen LogP contribution in [0.4, 0.5) is 8.78 Å². The lowest BCUT2D eigenvalue weighted by atomic mass is 10.2. The molecule has 0 bridgehead atoms. The Morgan fingerprint density at radius 2 is 2.10 bits per heavy atom. The SMILES string of the molecule is NC(=O)CCCCn1c(CCCl)nc2ccc(F)c(F)c21. The highest BCUT2D eigenvalue weighted by molar-refractivity contribution is 6.17. The zero-order valence-corrected chi connectivity index (χ0v) is 12.2. The van der Waals surface area contributed by atoms with Gasteiger partial charge in [0.25, 0.3) is 0 Å². The van der Waals surface area contributed by atoms with E-state index >= 15 is 0 Å². The average molecular weight is 316 g/mol. The molecule has 21 heavy (non-hydrogen) atoms. The van der Waals surface area contributed by atoms with Crippen molar-refractivity contribution in [3.63, 3.8) is 0 Å². The molecule has 7 heteroatoms. The minimum absolute atomic E-state index is 0.147. The molecule has 0 aliphatic carbocycles.